The average Bonchev–Trinajstić information content (AvgIpc) is 2.72. The van der Waals surface area contributed by atoms with Crippen molar-refractivity contribution in [1.29, 1.82) is 0 Å². The lowest BCUT2D eigenvalue weighted by Crippen LogP contribution is -2.46. The number of hydrogen-bond donors (Lipinski definition) is 1. The molecule has 0 radical (unpaired) electrons. The van der Waals surface area contributed by atoms with Crippen LogP contribution in [-0.4, -0.2) is 36.9 Å². The molecule has 2 heterocycles. The molecule has 0 unspecified atom stereocenters. The summed E-state index contributed by atoms with van der Waals surface area (Å²) in [6.07, 6.45) is 6.41. The van der Waals surface area contributed by atoms with Gasteiger partial charge in [-0.1, -0.05) is 42.5 Å². The molecule has 1 saturated heterocycles. The maximum atomic E-state index is 5.06. The second-order valence-electron chi connectivity index (χ2n) is 6.15. The summed E-state index contributed by atoms with van der Waals surface area (Å²) in [7, 11) is 0. The van der Waals surface area contributed by atoms with Crippen molar-refractivity contribution in [2.75, 3.05) is 26.2 Å². The summed E-state index contributed by atoms with van der Waals surface area (Å²) < 4.78 is 0. The zero-order valence-electron chi connectivity index (χ0n) is 12.8. The van der Waals surface area contributed by atoms with Crippen molar-refractivity contribution in [2.24, 2.45) is 4.99 Å². The predicted octanol–water partition coefficient (Wildman–Crippen LogP) is 2.97. The van der Waals surface area contributed by atoms with E-state index in [1.807, 2.05) is 0 Å². The minimum Gasteiger partial charge on any atom is -0.354 e. The summed E-state index contributed by atoms with van der Waals surface area (Å²) in [4.78, 5) is 7.48. The van der Waals surface area contributed by atoms with Crippen LogP contribution < -0.4 is 5.32 Å². The van der Waals surface area contributed by atoms with Gasteiger partial charge in [-0.05, 0) is 30.1 Å². The van der Waals surface area contributed by atoms with E-state index in [0.29, 0.717) is 0 Å². The van der Waals surface area contributed by atoms with Crippen LogP contribution in [0.25, 0.3) is 6.08 Å². The van der Waals surface area contributed by atoms with Crippen LogP contribution >= 0.6 is 0 Å². The van der Waals surface area contributed by atoms with Gasteiger partial charge in [0.05, 0.1) is 5.70 Å². The first-order valence-electron chi connectivity index (χ1n) is 8.03. The van der Waals surface area contributed by atoms with Gasteiger partial charge in [-0.2, -0.15) is 0 Å². The van der Waals surface area contributed by atoms with Crippen molar-refractivity contribution in [1.82, 2.24) is 10.2 Å². The van der Waals surface area contributed by atoms with Crippen LogP contribution in [0.15, 0.2) is 58.8 Å². The van der Waals surface area contributed by atoms with E-state index in [2.05, 4.69) is 53.2 Å². The molecule has 22 heavy (non-hydrogen) atoms. The Balaban J connectivity index is 1.85. The number of nitrogens with zero attached hydrogens (tertiary/aromatic N) is 2. The molecular formula is C19H21N3. The SMILES string of the molecule is C=C1CC=C2N=C(N3CCNCC3)c3ccccc3C=C2C1. The fourth-order valence-corrected chi connectivity index (χ4v) is 3.35. The van der Waals surface area contributed by atoms with Crippen LogP contribution in [-0.2, 0) is 0 Å². The van der Waals surface area contributed by atoms with E-state index < -0.39 is 0 Å². The molecule has 3 aliphatic rings. The largest absolute Gasteiger partial charge is 0.354 e. The van der Waals surface area contributed by atoms with Gasteiger partial charge in [-0.3, -0.25) is 0 Å². The zero-order chi connectivity index (χ0) is 14.9. The van der Waals surface area contributed by atoms with Crippen LogP contribution in [0.5, 0.6) is 0 Å². The highest BCUT2D eigenvalue weighted by atomic mass is 15.2. The number of rotatable bonds is 0. The van der Waals surface area contributed by atoms with E-state index in [9.17, 15) is 0 Å². The molecule has 0 spiro atoms. The van der Waals surface area contributed by atoms with Gasteiger partial charge in [0.25, 0.3) is 0 Å². The van der Waals surface area contributed by atoms with Gasteiger partial charge in [-0.25, -0.2) is 4.99 Å². The minimum atomic E-state index is 0.943. The number of amidine groups is 1. The average molecular weight is 291 g/mol. The summed E-state index contributed by atoms with van der Waals surface area (Å²) >= 11 is 0. The van der Waals surface area contributed by atoms with Gasteiger partial charge >= 0.3 is 0 Å². The van der Waals surface area contributed by atoms with Crippen LogP contribution in [0.3, 0.4) is 0 Å². The normalized spacial score (nSPS) is 21.2. The molecule has 0 amide bonds. The van der Waals surface area contributed by atoms with E-state index >= 15 is 0 Å². The molecule has 112 valence electrons. The summed E-state index contributed by atoms with van der Waals surface area (Å²) in [5.41, 5.74) is 6.23. The molecule has 1 aromatic carbocycles. The number of aliphatic imine (C=N–C) groups is 1. The van der Waals surface area contributed by atoms with Crippen molar-refractivity contribution >= 4 is 11.9 Å². The quantitative estimate of drug-likeness (QED) is 0.744. The Labute approximate surface area is 131 Å². The van der Waals surface area contributed by atoms with E-state index in [1.165, 1.54) is 22.3 Å². The number of nitrogens with one attached hydrogen (secondary N) is 1. The monoisotopic (exact) mass is 291 g/mol. The molecule has 4 rings (SSSR count). The van der Waals surface area contributed by atoms with Gasteiger partial charge in [-0.15, -0.1) is 0 Å². The summed E-state index contributed by atoms with van der Waals surface area (Å²) in [6, 6.07) is 8.61. The number of fused-ring (bicyclic) bond motifs is 2. The molecule has 1 fully saturated rings. The molecule has 3 heteroatoms. The maximum absolute atomic E-state index is 5.06. The van der Waals surface area contributed by atoms with Crippen LogP contribution in [0.4, 0.5) is 0 Å². The van der Waals surface area contributed by atoms with Gasteiger partial charge in [0.1, 0.15) is 5.84 Å². The van der Waals surface area contributed by atoms with Crippen LogP contribution in [0.1, 0.15) is 24.0 Å². The number of hydrogen-bond acceptors (Lipinski definition) is 3. The van der Waals surface area contributed by atoms with Crippen molar-refractivity contribution in [3.05, 3.63) is 64.9 Å². The van der Waals surface area contributed by atoms with Crippen molar-refractivity contribution in [3.63, 3.8) is 0 Å². The molecule has 2 aliphatic heterocycles. The fourth-order valence-electron chi connectivity index (χ4n) is 3.35. The smallest absolute Gasteiger partial charge is 0.137 e. The van der Waals surface area contributed by atoms with Crippen molar-refractivity contribution in [2.45, 2.75) is 12.8 Å². The lowest BCUT2D eigenvalue weighted by atomic mass is 9.93. The third-order valence-electron chi connectivity index (χ3n) is 4.53. The Kier molecular flexibility index (Phi) is 3.43. The lowest BCUT2D eigenvalue weighted by Gasteiger charge is -2.31. The van der Waals surface area contributed by atoms with Gasteiger partial charge in [0, 0.05) is 31.7 Å². The highest BCUT2D eigenvalue weighted by Crippen LogP contribution is 2.33. The Morgan fingerprint density at radius 1 is 1.14 bits per heavy atom. The predicted molar refractivity (Wildman–Crippen MR) is 91.9 cm³/mol. The van der Waals surface area contributed by atoms with Crippen LogP contribution in [0.2, 0.25) is 0 Å². The Hall–Kier alpha value is -2.13. The third kappa shape index (κ3) is 2.42. The maximum Gasteiger partial charge on any atom is 0.137 e. The highest BCUT2D eigenvalue weighted by Gasteiger charge is 2.23. The first kappa shape index (κ1) is 13.5. The van der Waals surface area contributed by atoms with Crippen molar-refractivity contribution < 1.29 is 0 Å². The minimum absolute atomic E-state index is 0.943. The van der Waals surface area contributed by atoms with E-state index in [1.54, 1.807) is 0 Å². The molecule has 0 saturated carbocycles. The van der Waals surface area contributed by atoms with Crippen LogP contribution in [0, 0.1) is 0 Å². The van der Waals surface area contributed by atoms with Gasteiger partial charge in [0.15, 0.2) is 0 Å². The number of benzene rings is 1. The van der Waals surface area contributed by atoms with E-state index in [0.717, 1.165) is 50.6 Å². The molecule has 1 N–H and O–H groups in total. The molecule has 1 aromatic rings. The zero-order valence-corrected chi connectivity index (χ0v) is 12.8. The molecule has 3 nitrogen and oxygen atoms in total. The van der Waals surface area contributed by atoms with E-state index in [4.69, 9.17) is 4.99 Å². The standard InChI is InChI=1S/C19H21N3/c1-14-6-7-18-16(12-14)13-15-4-2-3-5-17(15)19(21-18)22-10-8-20-9-11-22/h2-5,7,13,20H,1,6,8-12H2. The van der Waals surface area contributed by atoms with Crippen molar-refractivity contribution in [3.8, 4) is 0 Å². The fraction of sp³-hybridized carbons (Fsp3) is 0.316. The number of allylic oxidation sites excluding steroid dienone is 3. The van der Waals surface area contributed by atoms with Gasteiger partial charge < -0.3 is 10.2 Å². The second kappa shape index (κ2) is 5.58. The highest BCUT2D eigenvalue weighted by molar-refractivity contribution is 6.04. The Bertz CT molecular complexity index is 703. The first-order valence-corrected chi connectivity index (χ1v) is 8.03. The second-order valence-corrected chi connectivity index (χ2v) is 6.15. The molecule has 0 bridgehead atoms. The Morgan fingerprint density at radius 2 is 1.95 bits per heavy atom. The first-order chi connectivity index (χ1) is 10.8. The molecular weight excluding hydrogens is 270 g/mol. The molecule has 0 aromatic heterocycles. The summed E-state index contributed by atoms with van der Waals surface area (Å²) in [5.74, 6) is 1.13. The topological polar surface area (TPSA) is 27.6 Å². The number of piperazine rings is 1. The lowest BCUT2D eigenvalue weighted by molar-refractivity contribution is 0.358. The summed E-state index contributed by atoms with van der Waals surface area (Å²) in [6.45, 7) is 8.23. The third-order valence-corrected chi connectivity index (χ3v) is 4.53. The Morgan fingerprint density at radius 3 is 2.82 bits per heavy atom. The molecule has 0 atom stereocenters. The van der Waals surface area contributed by atoms with Gasteiger partial charge in [0.2, 0.25) is 0 Å². The van der Waals surface area contributed by atoms with E-state index in [-0.39, 0.29) is 0 Å². The summed E-state index contributed by atoms with van der Waals surface area (Å²) in [5, 5.41) is 3.42. The molecule has 1 aliphatic carbocycles.